The van der Waals surface area contributed by atoms with Crippen molar-refractivity contribution in [2.24, 2.45) is 0 Å². The first-order valence-corrected chi connectivity index (χ1v) is 3.78. The Hall–Kier alpha value is -1.53. The van der Waals surface area contributed by atoms with E-state index in [-0.39, 0.29) is 0 Å². The fourth-order valence-corrected chi connectivity index (χ4v) is 0.725. The maximum Gasteiger partial charge on any atom is 0.455 e. The molecule has 7 heteroatoms. The number of carbonyl (C=O) groups excluding carboxylic acids is 2. The van der Waals surface area contributed by atoms with Gasteiger partial charge in [0, 0.05) is 20.3 Å². The van der Waals surface area contributed by atoms with Crippen molar-refractivity contribution in [1.82, 2.24) is 4.90 Å². The van der Waals surface area contributed by atoms with E-state index in [1.807, 2.05) is 0 Å². The van der Waals surface area contributed by atoms with Crippen LogP contribution in [0.1, 0.15) is 0 Å². The number of rotatable bonds is 3. The molecule has 15 heavy (non-hydrogen) atoms. The molecule has 0 saturated carbocycles. The second-order valence-electron chi connectivity index (χ2n) is 2.82. The molecule has 0 radical (unpaired) electrons. The van der Waals surface area contributed by atoms with Crippen molar-refractivity contribution in [3.63, 3.8) is 0 Å². The van der Waals surface area contributed by atoms with E-state index < -0.39 is 23.5 Å². The van der Waals surface area contributed by atoms with Crippen LogP contribution in [-0.2, 0) is 14.3 Å². The van der Waals surface area contributed by atoms with E-state index in [1.165, 1.54) is 14.1 Å². The summed E-state index contributed by atoms with van der Waals surface area (Å²) in [6.07, 6.45) is -4.32. The minimum Gasteiger partial charge on any atom is -0.465 e. The molecule has 0 aromatic carbocycles. The lowest BCUT2D eigenvalue weighted by atomic mass is 10.2. The topological polar surface area (TPSA) is 46.6 Å². The molecule has 0 spiro atoms. The molecule has 0 rings (SSSR count). The molecule has 0 unspecified atom stereocenters. The molecule has 0 heterocycles. The van der Waals surface area contributed by atoms with Crippen LogP contribution in [0.3, 0.4) is 0 Å². The summed E-state index contributed by atoms with van der Waals surface area (Å²) in [4.78, 5) is 22.8. The molecule has 0 aliphatic rings. The molecule has 0 aromatic heterocycles. The van der Waals surface area contributed by atoms with Gasteiger partial charge in [-0.1, -0.05) is 0 Å². The molecular weight excluding hydrogens is 215 g/mol. The second-order valence-corrected chi connectivity index (χ2v) is 2.82. The summed E-state index contributed by atoms with van der Waals surface area (Å²) >= 11 is 0. The van der Waals surface area contributed by atoms with Gasteiger partial charge in [0.25, 0.3) is 5.78 Å². The van der Waals surface area contributed by atoms with Crippen molar-refractivity contribution in [2.45, 2.75) is 6.18 Å². The summed E-state index contributed by atoms with van der Waals surface area (Å²) in [5.41, 5.74) is -1.05. The van der Waals surface area contributed by atoms with Gasteiger partial charge in [0.2, 0.25) is 0 Å². The Morgan fingerprint density at radius 1 is 1.27 bits per heavy atom. The number of methoxy groups -OCH3 is 1. The predicted octanol–water partition coefficient (Wildman–Crippen LogP) is 0.736. The lowest BCUT2D eigenvalue weighted by Crippen LogP contribution is -2.30. The average molecular weight is 225 g/mol. The number of hydrogen-bond acceptors (Lipinski definition) is 4. The Morgan fingerprint density at radius 2 is 1.73 bits per heavy atom. The van der Waals surface area contributed by atoms with Crippen molar-refractivity contribution in [3.05, 3.63) is 11.8 Å². The highest BCUT2D eigenvalue weighted by Gasteiger charge is 2.43. The number of ketones is 1. The Labute approximate surface area is 84.3 Å². The molecule has 0 bridgehead atoms. The number of esters is 1. The van der Waals surface area contributed by atoms with Crippen molar-refractivity contribution in [1.29, 1.82) is 0 Å². The third-order valence-electron chi connectivity index (χ3n) is 1.29. The van der Waals surface area contributed by atoms with Gasteiger partial charge in [0.05, 0.1) is 7.11 Å². The maximum atomic E-state index is 12.0. The zero-order valence-electron chi connectivity index (χ0n) is 8.38. The van der Waals surface area contributed by atoms with Crippen LogP contribution in [0.15, 0.2) is 11.8 Å². The number of halogens is 3. The van der Waals surface area contributed by atoms with E-state index in [4.69, 9.17) is 0 Å². The SMILES string of the molecule is COC(=O)/C(=C/N(C)C)C(=O)C(F)(F)F. The summed E-state index contributed by atoms with van der Waals surface area (Å²) in [5, 5.41) is 0. The first-order valence-electron chi connectivity index (χ1n) is 3.78. The minimum atomic E-state index is -5.09. The van der Waals surface area contributed by atoms with E-state index in [0.29, 0.717) is 0 Å². The van der Waals surface area contributed by atoms with Crippen LogP contribution in [0.2, 0.25) is 0 Å². The fourth-order valence-electron chi connectivity index (χ4n) is 0.725. The Kier molecular flexibility index (Phi) is 4.32. The number of nitrogens with zero attached hydrogens (tertiary/aromatic N) is 1. The summed E-state index contributed by atoms with van der Waals surface area (Å²) in [6.45, 7) is 0. The van der Waals surface area contributed by atoms with E-state index >= 15 is 0 Å². The van der Waals surface area contributed by atoms with Gasteiger partial charge >= 0.3 is 12.1 Å². The molecule has 4 nitrogen and oxygen atoms in total. The van der Waals surface area contributed by atoms with Gasteiger partial charge in [-0.2, -0.15) is 13.2 Å². The molecule has 0 aliphatic heterocycles. The normalized spacial score (nSPS) is 12.3. The van der Waals surface area contributed by atoms with Crippen LogP contribution in [0.5, 0.6) is 0 Å². The Balaban J connectivity index is 5.14. The van der Waals surface area contributed by atoms with Gasteiger partial charge in [-0.15, -0.1) is 0 Å². The maximum absolute atomic E-state index is 12.0. The van der Waals surface area contributed by atoms with Crippen LogP contribution in [-0.4, -0.2) is 44.0 Å². The Morgan fingerprint density at radius 3 is 2.00 bits per heavy atom. The largest absolute Gasteiger partial charge is 0.465 e. The van der Waals surface area contributed by atoms with Crippen LogP contribution in [0.25, 0.3) is 0 Å². The summed E-state index contributed by atoms with van der Waals surface area (Å²) in [7, 11) is 3.66. The first kappa shape index (κ1) is 13.5. The van der Waals surface area contributed by atoms with E-state index in [2.05, 4.69) is 4.74 Å². The third-order valence-corrected chi connectivity index (χ3v) is 1.29. The summed E-state index contributed by atoms with van der Waals surface area (Å²) < 4.78 is 40.2. The van der Waals surface area contributed by atoms with Crippen LogP contribution in [0.4, 0.5) is 13.2 Å². The van der Waals surface area contributed by atoms with Crippen LogP contribution >= 0.6 is 0 Å². The molecule has 0 aliphatic carbocycles. The van der Waals surface area contributed by atoms with Crippen molar-refractivity contribution in [3.8, 4) is 0 Å². The number of ether oxygens (including phenoxy) is 1. The average Bonchev–Trinajstić information content (AvgIpc) is 2.10. The lowest BCUT2D eigenvalue weighted by molar-refractivity contribution is -0.168. The minimum absolute atomic E-state index is 0.766. The highest BCUT2D eigenvalue weighted by Crippen LogP contribution is 2.21. The van der Waals surface area contributed by atoms with Crippen LogP contribution in [0, 0.1) is 0 Å². The molecule has 0 amide bonds. The van der Waals surface area contributed by atoms with Crippen molar-refractivity contribution < 1.29 is 27.5 Å². The number of hydrogen-bond donors (Lipinski definition) is 0. The molecule has 0 N–H and O–H groups in total. The van der Waals surface area contributed by atoms with Crippen molar-refractivity contribution in [2.75, 3.05) is 21.2 Å². The quantitative estimate of drug-likeness (QED) is 0.307. The lowest BCUT2D eigenvalue weighted by Gasteiger charge is -2.11. The summed E-state index contributed by atoms with van der Waals surface area (Å²) in [6, 6.07) is 0. The number of carbonyl (C=O) groups is 2. The zero-order valence-corrected chi connectivity index (χ0v) is 8.38. The smallest absolute Gasteiger partial charge is 0.455 e. The number of Topliss-reactive ketones (excluding diaryl/α,β-unsaturated/α-hetero) is 1. The van der Waals surface area contributed by atoms with Gasteiger partial charge in [0.15, 0.2) is 0 Å². The molecular formula is C8H10F3NO3. The third kappa shape index (κ3) is 4.01. The van der Waals surface area contributed by atoms with E-state index in [9.17, 15) is 22.8 Å². The predicted molar refractivity (Wildman–Crippen MR) is 44.8 cm³/mol. The fraction of sp³-hybridized carbons (Fsp3) is 0.500. The highest BCUT2D eigenvalue weighted by atomic mass is 19.4. The van der Waals surface area contributed by atoms with Gasteiger partial charge < -0.3 is 9.64 Å². The zero-order chi connectivity index (χ0) is 12.2. The summed E-state index contributed by atoms with van der Waals surface area (Å²) in [5.74, 6) is -3.53. The van der Waals surface area contributed by atoms with Gasteiger partial charge in [-0.25, -0.2) is 4.79 Å². The second kappa shape index (κ2) is 4.81. The molecule has 0 atom stereocenters. The molecule has 0 aromatic rings. The monoisotopic (exact) mass is 225 g/mol. The highest BCUT2D eigenvalue weighted by molar-refractivity contribution is 6.19. The first-order chi connectivity index (χ1) is 6.70. The standard InChI is InChI=1S/C8H10F3NO3/c1-12(2)4-5(7(14)15-3)6(13)8(9,10)11/h4H,1-3H3/b5-4+. The van der Waals surface area contributed by atoms with Crippen LogP contribution < -0.4 is 0 Å². The van der Waals surface area contributed by atoms with Crippen molar-refractivity contribution >= 4 is 11.8 Å². The van der Waals surface area contributed by atoms with E-state index in [0.717, 1.165) is 18.2 Å². The van der Waals surface area contributed by atoms with E-state index in [1.54, 1.807) is 0 Å². The number of alkyl halides is 3. The Bertz CT molecular complexity index is 294. The molecule has 0 saturated heterocycles. The van der Waals surface area contributed by atoms with Gasteiger partial charge in [-0.3, -0.25) is 4.79 Å². The molecule has 86 valence electrons. The van der Waals surface area contributed by atoms with Gasteiger partial charge in [0.1, 0.15) is 5.57 Å². The molecule has 0 fully saturated rings. The van der Waals surface area contributed by atoms with Gasteiger partial charge in [-0.05, 0) is 0 Å².